The minimum absolute atomic E-state index is 0.0470. The topological polar surface area (TPSA) is 46.6 Å². The van der Waals surface area contributed by atoms with E-state index in [2.05, 4.69) is 0 Å². The lowest BCUT2D eigenvalue weighted by Crippen LogP contribution is -2.50. The Bertz CT molecular complexity index is 267. The third-order valence-electron chi connectivity index (χ3n) is 2.05. The number of nitrogens with zero attached hydrogens (tertiary/aromatic N) is 1. The van der Waals surface area contributed by atoms with Crippen LogP contribution in [0, 0.1) is 0 Å². The van der Waals surface area contributed by atoms with E-state index in [4.69, 9.17) is 16.3 Å². The molecule has 0 amide bonds. The van der Waals surface area contributed by atoms with Gasteiger partial charge in [-0.3, -0.25) is 0 Å². The van der Waals surface area contributed by atoms with Crippen molar-refractivity contribution in [3.05, 3.63) is 0 Å². The predicted molar refractivity (Wildman–Crippen MR) is 51.2 cm³/mol. The highest BCUT2D eigenvalue weighted by Crippen LogP contribution is 2.16. The molecule has 1 aliphatic rings. The summed E-state index contributed by atoms with van der Waals surface area (Å²) in [5.41, 5.74) is 0. The highest BCUT2D eigenvalue weighted by molar-refractivity contribution is 7.90. The van der Waals surface area contributed by atoms with Crippen LogP contribution < -0.4 is 0 Å². The van der Waals surface area contributed by atoms with Crippen LogP contribution in [-0.2, 0) is 14.8 Å². The van der Waals surface area contributed by atoms with Gasteiger partial charge in [0.25, 0.3) is 0 Å². The van der Waals surface area contributed by atoms with Crippen molar-refractivity contribution >= 4 is 21.6 Å². The van der Waals surface area contributed by atoms with E-state index >= 15 is 0 Å². The van der Waals surface area contributed by atoms with Crippen molar-refractivity contribution in [1.29, 1.82) is 0 Å². The number of halogens is 1. The van der Waals surface area contributed by atoms with E-state index in [0.29, 0.717) is 13.2 Å². The Balaban J connectivity index is 2.77. The predicted octanol–water partition coefficient (Wildman–Crippen LogP) is 0.622. The van der Waals surface area contributed by atoms with Gasteiger partial charge in [0.2, 0.25) is 10.0 Å². The number of rotatable bonds is 2. The van der Waals surface area contributed by atoms with Gasteiger partial charge in [-0.1, -0.05) is 0 Å². The summed E-state index contributed by atoms with van der Waals surface area (Å²) in [7, 11) is -3.28. The van der Waals surface area contributed by atoms with Crippen LogP contribution in [-0.4, -0.2) is 43.2 Å². The minimum Gasteiger partial charge on any atom is -0.375 e. The zero-order valence-electron chi connectivity index (χ0n) is 7.73. The summed E-state index contributed by atoms with van der Waals surface area (Å²) in [6, 6.07) is -0.111. The van der Waals surface area contributed by atoms with E-state index in [1.807, 2.05) is 13.8 Å². The van der Waals surface area contributed by atoms with Gasteiger partial charge in [0, 0.05) is 12.6 Å². The van der Waals surface area contributed by atoms with Crippen molar-refractivity contribution in [2.75, 3.05) is 18.4 Å². The van der Waals surface area contributed by atoms with Crippen molar-refractivity contribution in [3.63, 3.8) is 0 Å². The zero-order valence-corrected chi connectivity index (χ0v) is 9.31. The van der Waals surface area contributed by atoms with Gasteiger partial charge in [-0.2, -0.15) is 4.31 Å². The first-order valence-corrected chi connectivity index (χ1v) is 6.29. The fraction of sp³-hybridized carbons (Fsp3) is 1.00. The number of morpholine rings is 1. The Kier molecular flexibility index (Phi) is 3.57. The van der Waals surface area contributed by atoms with Crippen LogP contribution in [0.1, 0.15) is 13.8 Å². The summed E-state index contributed by atoms with van der Waals surface area (Å²) >= 11 is 5.37. The van der Waals surface area contributed by atoms with Gasteiger partial charge < -0.3 is 4.74 Å². The molecule has 1 heterocycles. The van der Waals surface area contributed by atoms with E-state index in [9.17, 15) is 8.42 Å². The lowest BCUT2D eigenvalue weighted by Gasteiger charge is -2.35. The minimum atomic E-state index is -3.28. The van der Waals surface area contributed by atoms with Crippen LogP contribution in [0.2, 0.25) is 0 Å². The highest BCUT2D eigenvalue weighted by atomic mass is 35.5. The van der Waals surface area contributed by atoms with Gasteiger partial charge in [0.15, 0.2) is 0 Å². The number of hydrogen-bond donors (Lipinski definition) is 0. The molecule has 0 saturated carbocycles. The van der Waals surface area contributed by atoms with Crippen molar-refractivity contribution in [2.24, 2.45) is 0 Å². The monoisotopic (exact) mass is 227 g/mol. The van der Waals surface area contributed by atoms with Crippen molar-refractivity contribution in [1.82, 2.24) is 4.31 Å². The second-order valence-electron chi connectivity index (χ2n) is 3.28. The third kappa shape index (κ3) is 2.56. The van der Waals surface area contributed by atoms with Gasteiger partial charge in [-0.05, 0) is 13.8 Å². The molecule has 4 nitrogen and oxygen atoms in total. The molecule has 2 atom stereocenters. The first kappa shape index (κ1) is 11.2. The average molecular weight is 228 g/mol. The Morgan fingerprint density at radius 2 is 2.15 bits per heavy atom. The molecule has 0 spiro atoms. The Morgan fingerprint density at radius 3 is 2.69 bits per heavy atom. The largest absolute Gasteiger partial charge is 0.375 e. The SMILES string of the molecule is CC1CN(S(=O)(=O)CCl)C(C)CO1. The second-order valence-corrected chi connectivity index (χ2v) is 5.79. The number of ether oxygens (including phenoxy) is 1. The molecule has 1 fully saturated rings. The van der Waals surface area contributed by atoms with Crippen molar-refractivity contribution < 1.29 is 13.2 Å². The molecule has 0 bridgehead atoms. The van der Waals surface area contributed by atoms with Crippen LogP contribution >= 0.6 is 11.6 Å². The average Bonchev–Trinajstić information content (AvgIpc) is 2.09. The Labute approximate surface area is 83.9 Å². The lowest BCUT2D eigenvalue weighted by atomic mass is 10.2. The molecule has 78 valence electrons. The van der Waals surface area contributed by atoms with Gasteiger partial charge in [-0.15, -0.1) is 11.6 Å². The number of sulfonamides is 1. The van der Waals surface area contributed by atoms with Crippen LogP contribution in [0.25, 0.3) is 0 Å². The van der Waals surface area contributed by atoms with Crippen LogP contribution in [0.15, 0.2) is 0 Å². The summed E-state index contributed by atoms with van der Waals surface area (Å²) in [5, 5.41) is -0.357. The zero-order chi connectivity index (χ0) is 10.1. The maximum Gasteiger partial charge on any atom is 0.228 e. The summed E-state index contributed by atoms with van der Waals surface area (Å²) in [5.74, 6) is 0. The standard InChI is InChI=1S/C7H14ClNO3S/c1-6-4-12-7(2)3-9(6)13(10,11)5-8/h6-7H,3-5H2,1-2H3. The van der Waals surface area contributed by atoms with Gasteiger partial charge in [0.05, 0.1) is 12.7 Å². The molecule has 1 aliphatic heterocycles. The molecule has 2 unspecified atom stereocenters. The molecule has 0 aliphatic carbocycles. The van der Waals surface area contributed by atoms with E-state index in [-0.39, 0.29) is 17.4 Å². The van der Waals surface area contributed by atoms with Crippen LogP contribution in [0.4, 0.5) is 0 Å². The van der Waals surface area contributed by atoms with E-state index in [1.54, 1.807) is 0 Å². The molecule has 1 saturated heterocycles. The molecule has 6 heteroatoms. The number of alkyl halides is 1. The summed E-state index contributed by atoms with van der Waals surface area (Å²) in [6.45, 7) is 4.51. The second kappa shape index (κ2) is 4.13. The quantitative estimate of drug-likeness (QED) is 0.650. The summed E-state index contributed by atoms with van der Waals surface area (Å²) in [4.78, 5) is 0. The van der Waals surface area contributed by atoms with Crippen molar-refractivity contribution in [2.45, 2.75) is 26.0 Å². The maximum atomic E-state index is 11.4. The highest BCUT2D eigenvalue weighted by Gasteiger charge is 2.32. The smallest absolute Gasteiger partial charge is 0.228 e. The molecule has 0 aromatic heterocycles. The van der Waals surface area contributed by atoms with Crippen LogP contribution in [0.3, 0.4) is 0 Å². The third-order valence-corrected chi connectivity index (χ3v) is 4.37. The molecule has 0 aromatic rings. The van der Waals surface area contributed by atoms with Gasteiger partial charge in [0.1, 0.15) is 5.21 Å². The van der Waals surface area contributed by atoms with Crippen molar-refractivity contribution in [3.8, 4) is 0 Å². The summed E-state index contributed by atoms with van der Waals surface area (Å²) < 4.78 is 29.6. The summed E-state index contributed by atoms with van der Waals surface area (Å²) in [6.07, 6.45) is -0.0470. The van der Waals surface area contributed by atoms with Gasteiger partial charge in [-0.25, -0.2) is 8.42 Å². The number of hydrogen-bond acceptors (Lipinski definition) is 3. The molecular weight excluding hydrogens is 214 g/mol. The Hall–Kier alpha value is 0.160. The molecule has 0 N–H and O–H groups in total. The maximum absolute atomic E-state index is 11.4. The first-order valence-electron chi connectivity index (χ1n) is 4.14. The normalized spacial score (nSPS) is 31.9. The molecule has 13 heavy (non-hydrogen) atoms. The Morgan fingerprint density at radius 1 is 1.54 bits per heavy atom. The van der Waals surface area contributed by atoms with Crippen LogP contribution in [0.5, 0.6) is 0 Å². The fourth-order valence-corrected chi connectivity index (χ4v) is 2.87. The van der Waals surface area contributed by atoms with E-state index in [1.165, 1.54) is 4.31 Å². The molecular formula is C7H14ClNO3S. The lowest BCUT2D eigenvalue weighted by molar-refractivity contribution is -0.0168. The fourth-order valence-electron chi connectivity index (χ4n) is 1.32. The molecule has 0 aromatic carbocycles. The molecule has 1 rings (SSSR count). The van der Waals surface area contributed by atoms with E-state index < -0.39 is 10.0 Å². The van der Waals surface area contributed by atoms with Gasteiger partial charge >= 0.3 is 0 Å². The molecule has 0 radical (unpaired) electrons. The first-order chi connectivity index (χ1) is 5.97. The van der Waals surface area contributed by atoms with E-state index in [0.717, 1.165) is 0 Å².